The maximum atomic E-state index is 5.42. The topological polar surface area (TPSA) is 33.3 Å². The van der Waals surface area contributed by atoms with E-state index in [-0.39, 0.29) is 0 Å². The van der Waals surface area contributed by atoms with Crippen molar-refractivity contribution in [3.8, 4) is 5.75 Å². The van der Waals surface area contributed by atoms with Gasteiger partial charge in [0.05, 0.1) is 7.11 Å². The van der Waals surface area contributed by atoms with Gasteiger partial charge in [-0.1, -0.05) is 55.0 Å². The Morgan fingerprint density at radius 2 is 1.78 bits per heavy atom. The minimum absolute atomic E-state index is 0.358. The molecule has 3 rings (SSSR count). The van der Waals surface area contributed by atoms with Gasteiger partial charge in [-0.05, 0) is 24.5 Å². The lowest BCUT2D eigenvalue weighted by Crippen LogP contribution is -2.41. The SMILES string of the molecule is COc1ccccc1CNCC(NC1CCC1)c1ccccc1. The molecule has 23 heavy (non-hydrogen) atoms. The van der Waals surface area contributed by atoms with Crippen molar-refractivity contribution in [2.45, 2.75) is 37.9 Å². The molecule has 0 aliphatic heterocycles. The minimum Gasteiger partial charge on any atom is -0.496 e. The van der Waals surface area contributed by atoms with Crippen LogP contribution in [-0.4, -0.2) is 19.7 Å². The van der Waals surface area contributed by atoms with Crippen molar-refractivity contribution < 1.29 is 4.74 Å². The summed E-state index contributed by atoms with van der Waals surface area (Å²) in [7, 11) is 1.73. The number of ether oxygens (including phenoxy) is 1. The molecule has 0 radical (unpaired) electrons. The van der Waals surface area contributed by atoms with E-state index in [1.54, 1.807) is 7.11 Å². The number of nitrogens with one attached hydrogen (secondary N) is 2. The Morgan fingerprint density at radius 1 is 1.04 bits per heavy atom. The number of benzene rings is 2. The Hall–Kier alpha value is -1.84. The maximum Gasteiger partial charge on any atom is 0.123 e. The Balaban J connectivity index is 1.59. The van der Waals surface area contributed by atoms with Gasteiger partial charge >= 0.3 is 0 Å². The van der Waals surface area contributed by atoms with Gasteiger partial charge in [-0.3, -0.25) is 0 Å². The Bertz CT molecular complexity index is 596. The molecule has 1 atom stereocenters. The molecular formula is C20H26N2O. The zero-order valence-corrected chi connectivity index (χ0v) is 13.8. The second-order valence-corrected chi connectivity index (χ2v) is 6.20. The summed E-state index contributed by atoms with van der Waals surface area (Å²) in [4.78, 5) is 0. The zero-order chi connectivity index (χ0) is 15.9. The third-order valence-corrected chi connectivity index (χ3v) is 4.60. The lowest BCUT2D eigenvalue weighted by atomic mass is 9.91. The molecule has 3 heteroatoms. The molecule has 2 aromatic rings. The molecule has 0 amide bonds. The minimum atomic E-state index is 0.358. The molecule has 0 heterocycles. The van der Waals surface area contributed by atoms with Gasteiger partial charge in [-0.15, -0.1) is 0 Å². The molecule has 122 valence electrons. The Kier molecular flexibility index (Phi) is 5.67. The van der Waals surface area contributed by atoms with Gasteiger partial charge in [0.2, 0.25) is 0 Å². The maximum absolute atomic E-state index is 5.42. The fraction of sp³-hybridized carbons (Fsp3) is 0.400. The number of hydrogen-bond donors (Lipinski definition) is 2. The third-order valence-electron chi connectivity index (χ3n) is 4.60. The van der Waals surface area contributed by atoms with Crippen molar-refractivity contribution in [3.63, 3.8) is 0 Å². The van der Waals surface area contributed by atoms with E-state index in [2.05, 4.69) is 53.1 Å². The number of rotatable bonds is 8. The number of methoxy groups -OCH3 is 1. The number of para-hydroxylation sites is 1. The fourth-order valence-electron chi connectivity index (χ4n) is 3.02. The van der Waals surface area contributed by atoms with E-state index in [4.69, 9.17) is 4.74 Å². The van der Waals surface area contributed by atoms with Crippen molar-refractivity contribution in [3.05, 3.63) is 65.7 Å². The molecule has 1 unspecified atom stereocenters. The van der Waals surface area contributed by atoms with Crippen molar-refractivity contribution in [2.75, 3.05) is 13.7 Å². The molecule has 1 aliphatic carbocycles. The molecule has 0 bridgehead atoms. The molecule has 3 nitrogen and oxygen atoms in total. The third kappa shape index (κ3) is 4.34. The highest BCUT2D eigenvalue weighted by Gasteiger charge is 2.21. The van der Waals surface area contributed by atoms with Crippen molar-refractivity contribution in [1.82, 2.24) is 10.6 Å². The van der Waals surface area contributed by atoms with E-state index in [1.165, 1.54) is 30.4 Å². The Labute approximate surface area is 139 Å². The van der Waals surface area contributed by atoms with E-state index in [0.717, 1.165) is 18.8 Å². The molecular weight excluding hydrogens is 284 g/mol. The van der Waals surface area contributed by atoms with E-state index in [0.29, 0.717) is 12.1 Å². The van der Waals surface area contributed by atoms with Gasteiger partial charge in [0.15, 0.2) is 0 Å². The van der Waals surface area contributed by atoms with Crippen LogP contribution in [0.1, 0.15) is 36.4 Å². The lowest BCUT2D eigenvalue weighted by Gasteiger charge is -2.32. The molecule has 0 spiro atoms. The van der Waals surface area contributed by atoms with Gasteiger partial charge in [0, 0.05) is 30.7 Å². The summed E-state index contributed by atoms with van der Waals surface area (Å²) in [6.45, 7) is 1.73. The van der Waals surface area contributed by atoms with Crippen LogP contribution >= 0.6 is 0 Å². The monoisotopic (exact) mass is 310 g/mol. The zero-order valence-electron chi connectivity index (χ0n) is 13.8. The highest BCUT2D eigenvalue weighted by atomic mass is 16.5. The molecule has 0 saturated heterocycles. The lowest BCUT2D eigenvalue weighted by molar-refractivity contribution is 0.299. The average Bonchev–Trinajstić information content (AvgIpc) is 2.57. The van der Waals surface area contributed by atoms with Crippen LogP contribution in [0, 0.1) is 0 Å². The Morgan fingerprint density at radius 3 is 2.48 bits per heavy atom. The predicted octanol–water partition coefficient (Wildman–Crippen LogP) is 3.67. The summed E-state index contributed by atoms with van der Waals surface area (Å²) in [5, 5.41) is 7.38. The second kappa shape index (κ2) is 8.14. The first-order valence-corrected chi connectivity index (χ1v) is 8.50. The quantitative estimate of drug-likeness (QED) is 0.780. The summed E-state index contributed by atoms with van der Waals surface area (Å²) >= 11 is 0. The average molecular weight is 310 g/mol. The summed E-state index contributed by atoms with van der Waals surface area (Å²) < 4.78 is 5.42. The van der Waals surface area contributed by atoms with Crippen LogP contribution in [-0.2, 0) is 6.54 Å². The fourth-order valence-corrected chi connectivity index (χ4v) is 3.02. The van der Waals surface area contributed by atoms with E-state index in [9.17, 15) is 0 Å². The molecule has 2 N–H and O–H groups in total. The van der Waals surface area contributed by atoms with Crippen LogP contribution in [0.2, 0.25) is 0 Å². The van der Waals surface area contributed by atoms with Crippen molar-refractivity contribution >= 4 is 0 Å². The molecule has 0 aromatic heterocycles. The molecule has 1 saturated carbocycles. The molecule has 1 aliphatic rings. The number of hydrogen-bond acceptors (Lipinski definition) is 3. The predicted molar refractivity (Wildman–Crippen MR) is 94.7 cm³/mol. The first kappa shape index (κ1) is 16.0. The van der Waals surface area contributed by atoms with Gasteiger partial charge in [-0.25, -0.2) is 0 Å². The van der Waals surface area contributed by atoms with E-state index >= 15 is 0 Å². The highest BCUT2D eigenvalue weighted by Crippen LogP contribution is 2.23. The van der Waals surface area contributed by atoms with Gasteiger partial charge in [-0.2, -0.15) is 0 Å². The van der Waals surface area contributed by atoms with Crippen molar-refractivity contribution in [1.29, 1.82) is 0 Å². The first-order chi connectivity index (χ1) is 11.4. The molecule has 1 fully saturated rings. The second-order valence-electron chi connectivity index (χ2n) is 6.20. The van der Waals surface area contributed by atoms with Crippen LogP contribution in [0.15, 0.2) is 54.6 Å². The van der Waals surface area contributed by atoms with Crippen LogP contribution in [0.5, 0.6) is 5.75 Å². The smallest absolute Gasteiger partial charge is 0.123 e. The normalized spacial score (nSPS) is 15.9. The summed E-state index contributed by atoms with van der Waals surface area (Å²) in [6.07, 6.45) is 3.96. The largest absolute Gasteiger partial charge is 0.496 e. The van der Waals surface area contributed by atoms with Gasteiger partial charge < -0.3 is 15.4 Å². The highest BCUT2D eigenvalue weighted by molar-refractivity contribution is 5.33. The summed E-state index contributed by atoms with van der Waals surface area (Å²) in [5.41, 5.74) is 2.55. The van der Waals surface area contributed by atoms with E-state index in [1.807, 2.05) is 12.1 Å². The first-order valence-electron chi connectivity index (χ1n) is 8.50. The molecule has 2 aromatic carbocycles. The van der Waals surface area contributed by atoms with Gasteiger partial charge in [0.1, 0.15) is 5.75 Å². The van der Waals surface area contributed by atoms with Crippen LogP contribution in [0.25, 0.3) is 0 Å². The van der Waals surface area contributed by atoms with E-state index < -0.39 is 0 Å². The van der Waals surface area contributed by atoms with Crippen molar-refractivity contribution in [2.24, 2.45) is 0 Å². The van der Waals surface area contributed by atoms with Crippen LogP contribution in [0.4, 0.5) is 0 Å². The van der Waals surface area contributed by atoms with Crippen LogP contribution in [0.3, 0.4) is 0 Å². The van der Waals surface area contributed by atoms with Gasteiger partial charge in [0.25, 0.3) is 0 Å². The van der Waals surface area contributed by atoms with Crippen LogP contribution < -0.4 is 15.4 Å². The summed E-state index contributed by atoms with van der Waals surface area (Å²) in [6, 6.07) is 19.9. The standard InChI is InChI=1S/C20H26N2O/c1-23-20-13-6-5-10-17(20)14-21-15-19(22-18-11-7-12-18)16-8-3-2-4-9-16/h2-6,8-10,13,18-19,21-22H,7,11-12,14-15H2,1H3. The summed E-state index contributed by atoms with van der Waals surface area (Å²) in [5.74, 6) is 0.947.